The van der Waals surface area contributed by atoms with Crippen LogP contribution >= 0.6 is 15.9 Å². The minimum absolute atomic E-state index is 0.263. The van der Waals surface area contributed by atoms with E-state index in [4.69, 9.17) is 0 Å². The molecule has 0 aliphatic heterocycles. The number of carbonyl (C=O) groups is 1. The van der Waals surface area contributed by atoms with Crippen LogP contribution in [0.4, 0.5) is 22.0 Å². The Bertz CT molecular complexity index is 689. The van der Waals surface area contributed by atoms with Crippen LogP contribution in [-0.2, 0) is 6.18 Å². The lowest BCUT2D eigenvalue weighted by atomic mass is 10.0. The van der Waals surface area contributed by atoms with E-state index < -0.39 is 40.3 Å². The molecule has 0 aliphatic rings. The highest BCUT2D eigenvalue weighted by molar-refractivity contribution is 9.10. The molecule has 0 unspecified atom stereocenters. The molecule has 0 radical (unpaired) electrons. The lowest BCUT2D eigenvalue weighted by Crippen LogP contribution is -2.11. The smallest absolute Gasteiger partial charge is 0.288 e. The fourth-order valence-corrected chi connectivity index (χ4v) is 2.21. The number of rotatable bonds is 2. The number of benzene rings is 2. The van der Waals surface area contributed by atoms with Gasteiger partial charge in [0.05, 0.1) is 11.1 Å². The monoisotopic (exact) mass is 364 g/mol. The fraction of sp³-hybridized carbons (Fsp3) is 0.0714. The van der Waals surface area contributed by atoms with Gasteiger partial charge in [-0.05, 0) is 30.3 Å². The lowest BCUT2D eigenvalue weighted by Gasteiger charge is -2.11. The second-order valence-electron chi connectivity index (χ2n) is 4.12. The van der Waals surface area contributed by atoms with Crippen LogP contribution in [0.2, 0.25) is 0 Å². The first-order valence-corrected chi connectivity index (χ1v) is 6.36. The van der Waals surface area contributed by atoms with Gasteiger partial charge in [-0.25, -0.2) is 8.78 Å². The fourth-order valence-electron chi connectivity index (χ4n) is 1.74. The molecule has 0 atom stereocenters. The van der Waals surface area contributed by atoms with Crippen LogP contribution in [0, 0.1) is 11.6 Å². The molecule has 0 aromatic heterocycles. The van der Waals surface area contributed by atoms with E-state index in [1.807, 2.05) is 0 Å². The van der Waals surface area contributed by atoms with E-state index in [-0.39, 0.29) is 4.47 Å². The van der Waals surface area contributed by atoms with Crippen molar-refractivity contribution in [3.63, 3.8) is 0 Å². The van der Waals surface area contributed by atoms with E-state index in [0.717, 1.165) is 30.3 Å². The molecule has 1 nitrogen and oxygen atoms in total. The van der Waals surface area contributed by atoms with Crippen LogP contribution in [0.3, 0.4) is 0 Å². The highest BCUT2D eigenvalue weighted by Crippen LogP contribution is 2.35. The van der Waals surface area contributed by atoms with Gasteiger partial charge in [0.1, 0.15) is 11.6 Å². The van der Waals surface area contributed by atoms with Gasteiger partial charge >= 0.3 is 6.18 Å². The SMILES string of the molecule is O=C(c1ccc(Br)c(C(F)(F)F)c1)c1c(F)cccc1F. The van der Waals surface area contributed by atoms with E-state index in [1.54, 1.807) is 0 Å². The quantitative estimate of drug-likeness (QED) is 0.542. The Morgan fingerprint density at radius 3 is 2.10 bits per heavy atom. The second kappa shape index (κ2) is 5.55. The molecule has 7 heteroatoms. The highest BCUT2D eigenvalue weighted by atomic mass is 79.9. The molecule has 0 N–H and O–H groups in total. The zero-order valence-electron chi connectivity index (χ0n) is 10.1. The third-order valence-electron chi connectivity index (χ3n) is 2.72. The summed E-state index contributed by atoms with van der Waals surface area (Å²) in [4.78, 5) is 12.0. The van der Waals surface area contributed by atoms with Gasteiger partial charge in [0.15, 0.2) is 5.78 Å². The summed E-state index contributed by atoms with van der Waals surface area (Å²) in [6.07, 6.45) is -4.69. The standard InChI is InChI=1S/C14H6BrF5O/c15-9-5-4-7(6-8(9)14(18,19)20)13(21)12-10(16)2-1-3-11(12)17/h1-6H. The molecule has 0 heterocycles. The van der Waals surface area contributed by atoms with Gasteiger partial charge < -0.3 is 0 Å². The highest BCUT2D eigenvalue weighted by Gasteiger charge is 2.34. The largest absolute Gasteiger partial charge is 0.417 e. The van der Waals surface area contributed by atoms with Crippen molar-refractivity contribution >= 4 is 21.7 Å². The number of hydrogen-bond donors (Lipinski definition) is 0. The summed E-state index contributed by atoms with van der Waals surface area (Å²) in [5.41, 5.74) is -2.42. The van der Waals surface area contributed by atoms with Gasteiger partial charge in [0.25, 0.3) is 0 Å². The van der Waals surface area contributed by atoms with E-state index in [0.29, 0.717) is 6.07 Å². The Labute approximate surface area is 124 Å². The van der Waals surface area contributed by atoms with E-state index >= 15 is 0 Å². The maximum absolute atomic E-state index is 13.5. The molecule has 0 bridgehead atoms. The molecular weight excluding hydrogens is 359 g/mol. The number of halogens is 6. The Kier molecular flexibility index (Phi) is 4.13. The van der Waals surface area contributed by atoms with Crippen molar-refractivity contribution in [1.29, 1.82) is 0 Å². The zero-order valence-corrected chi connectivity index (χ0v) is 11.7. The molecule has 110 valence electrons. The lowest BCUT2D eigenvalue weighted by molar-refractivity contribution is -0.138. The van der Waals surface area contributed by atoms with Crippen molar-refractivity contribution in [1.82, 2.24) is 0 Å². The molecule has 2 aromatic carbocycles. The summed E-state index contributed by atoms with van der Waals surface area (Å²) in [6, 6.07) is 5.41. The van der Waals surface area contributed by atoms with Gasteiger partial charge in [0, 0.05) is 10.0 Å². The maximum atomic E-state index is 13.5. The average molecular weight is 365 g/mol. The number of alkyl halides is 3. The van der Waals surface area contributed by atoms with Crippen LogP contribution < -0.4 is 0 Å². The summed E-state index contributed by atoms with van der Waals surface area (Å²) in [6.45, 7) is 0. The third kappa shape index (κ3) is 3.12. The average Bonchev–Trinajstić information content (AvgIpc) is 2.37. The van der Waals surface area contributed by atoms with Crippen LogP contribution in [0.5, 0.6) is 0 Å². The summed E-state index contributed by atoms with van der Waals surface area (Å²) in [5.74, 6) is -3.41. The third-order valence-corrected chi connectivity index (χ3v) is 3.42. The molecule has 0 fully saturated rings. The topological polar surface area (TPSA) is 17.1 Å². The first-order chi connectivity index (χ1) is 9.71. The van der Waals surface area contributed by atoms with E-state index in [2.05, 4.69) is 15.9 Å². The molecule has 2 rings (SSSR count). The predicted octanol–water partition coefficient (Wildman–Crippen LogP) is 4.98. The van der Waals surface area contributed by atoms with Crippen molar-refractivity contribution in [3.05, 3.63) is 69.2 Å². The van der Waals surface area contributed by atoms with Crippen molar-refractivity contribution in [2.75, 3.05) is 0 Å². The van der Waals surface area contributed by atoms with Crippen LogP contribution in [0.15, 0.2) is 40.9 Å². The Morgan fingerprint density at radius 2 is 1.57 bits per heavy atom. The Hall–Kier alpha value is -1.76. The summed E-state index contributed by atoms with van der Waals surface area (Å²) >= 11 is 2.72. The normalized spacial score (nSPS) is 11.5. The van der Waals surface area contributed by atoms with Gasteiger partial charge in [0.2, 0.25) is 0 Å². The number of carbonyl (C=O) groups excluding carboxylic acids is 1. The van der Waals surface area contributed by atoms with Gasteiger partial charge in [-0.2, -0.15) is 13.2 Å². The summed E-state index contributed by atoms with van der Waals surface area (Å²) < 4.78 is 65.0. The van der Waals surface area contributed by atoms with Crippen molar-refractivity contribution < 1.29 is 26.7 Å². The first kappa shape index (κ1) is 15.6. The van der Waals surface area contributed by atoms with Crippen LogP contribution in [0.25, 0.3) is 0 Å². The molecule has 0 saturated heterocycles. The molecule has 21 heavy (non-hydrogen) atoms. The minimum Gasteiger partial charge on any atom is -0.288 e. The molecule has 2 aromatic rings. The summed E-state index contributed by atoms with van der Waals surface area (Å²) in [5, 5.41) is 0. The van der Waals surface area contributed by atoms with Gasteiger partial charge in [-0.15, -0.1) is 0 Å². The molecular formula is C14H6BrF5O. The van der Waals surface area contributed by atoms with E-state index in [9.17, 15) is 26.7 Å². The second-order valence-corrected chi connectivity index (χ2v) is 4.97. The van der Waals surface area contributed by atoms with Crippen LogP contribution in [-0.4, -0.2) is 5.78 Å². The van der Waals surface area contributed by atoms with Crippen molar-refractivity contribution in [2.45, 2.75) is 6.18 Å². The zero-order chi connectivity index (χ0) is 15.8. The first-order valence-electron chi connectivity index (χ1n) is 5.57. The van der Waals surface area contributed by atoms with Crippen molar-refractivity contribution in [2.24, 2.45) is 0 Å². The van der Waals surface area contributed by atoms with Crippen LogP contribution in [0.1, 0.15) is 21.5 Å². The molecule has 0 saturated carbocycles. The number of ketones is 1. The summed E-state index contributed by atoms with van der Waals surface area (Å²) in [7, 11) is 0. The molecule has 0 amide bonds. The molecule has 0 spiro atoms. The molecule has 0 aliphatic carbocycles. The maximum Gasteiger partial charge on any atom is 0.417 e. The van der Waals surface area contributed by atoms with Gasteiger partial charge in [-0.3, -0.25) is 4.79 Å². The van der Waals surface area contributed by atoms with Gasteiger partial charge in [-0.1, -0.05) is 22.0 Å². The Balaban J connectivity index is 2.55. The van der Waals surface area contributed by atoms with Crippen molar-refractivity contribution in [3.8, 4) is 0 Å². The Morgan fingerprint density at radius 1 is 1.00 bits per heavy atom. The predicted molar refractivity (Wildman–Crippen MR) is 68.9 cm³/mol. The minimum atomic E-state index is -4.69. The van der Waals surface area contributed by atoms with E-state index in [1.165, 1.54) is 0 Å². The number of hydrogen-bond acceptors (Lipinski definition) is 1.